The van der Waals surface area contributed by atoms with E-state index in [1.54, 1.807) is 23.0 Å². The Morgan fingerprint density at radius 3 is 2.33 bits per heavy atom. The molecule has 0 aliphatic heterocycles. The lowest BCUT2D eigenvalue weighted by atomic mass is 9.87. The van der Waals surface area contributed by atoms with Gasteiger partial charge >= 0.3 is 0 Å². The summed E-state index contributed by atoms with van der Waals surface area (Å²) >= 11 is 0. The third-order valence-electron chi connectivity index (χ3n) is 4.13. The summed E-state index contributed by atoms with van der Waals surface area (Å²) < 4.78 is 26.7. The molecule has 0 aliphatic carbocycles. The molecule has 2 aromatic rings. The molecule has 0 saturated carbocycles. The van der Waals surface area contributed by atoms with Crippen molar-refractivity contribution >= 4 is 9.84 Å². The summed E-state index contributed by atoms with van der Waals surface area (Å²) in [6, 6.07) is 7.29. The second-order valence-electron chi connectivity index (χ2n) is 7.22. The van der Waals surface area contributed by atoms with Crippen LogP contribution in [0.15, 0.2) is 41.6 Å². The van der Waals surface area contributed by atoms with E-state index in [2.05, 4.69) is 31.2 Å². The number of rotatable bonds is 6. The van der Waals surface area contributed by atoms with Gasteiger partial charge < -0.3 is 5.32 Å². The molecule has 5 nitrogen and oxygen atoms in total. The van der Waals surface area contributed by atoms with Gasteiger partial charge in [-0.1, -0.05) is 32.9 Å². The first-order valence-electron chi connectivity index (χ1n) is 8.15. The van der Waals surface area contributed by atoms with E-state index in [4.69, 9.17) is 0 Å². The van der Waals surface area contributed by atoms with Crippen LogP contribution in [0.3, 0.4) is 0 Å². The highest BCUT2D eigenvalue weighted by atomic mass is 32.2. The summed E-state index contributed by atoms with van der Waals surface area (Å²) in [7, 11) is -1.42. The zero-order valence-corrected chi connectivity index (χ0v) is 15.9. The number of hydrogen-bond acceptors (Lipinski definition) is 4. The lowest BCUT2D eigenvalue weighted by Gasteiger charge is -2.19. The van der Waals surface area contributed by atoms with Crippen LogP contribution in [0.4, 0.5) is 0 Å². The van der Waals surface area contributed by atoms with Crippen LogP contribution in [0.2, 0.25) is 0 Å². The van der Waals surface area contributed by atoms with Crippen LogP contribution in [0, 0.1) is 0 Å². The zero-order valence-electron chi connectivity index (χ0n) is 15.1. The average molecular weight is 350 g/mol. The molecule has 1 unspecified atom stereocenters. The Balaban J connectivity index is 1.96. The lowest BCUT2D eigenvalue weighted by molar-refractivity contribution is 0.571. The Morgan fingerprint density at radius 1 is 1.21 bits per heavy atom. The number of nitrogens with one attached hydrogen (secondary N) is 1. The highest BCUT2D eigenvalue weighted by molar-refractivity contribution is 7.91. The Hall–Kier alpha value is -1.66. The fraction of sp³-hybridized carbons (Fsp3) is 0.500. The van der Waals surface area contributed by atoms with Gasteiger partial charge in [-0.25, -0.2) is 8.42 Å². The highest BCUT2D eigenvalue weighted by Crippen LogP contribution is 2.23. The number of benzene rings is 1. The number of aromatic nitrogens is 2. The van der Waals surface area contributed by atoms with Crippen molar-refractivity contribution < 1.29 is 8.42 Å². The molecule has 0 fully saturated rings. The van der Waals surface area contributed by atoms with Gasteiger partial charge in [0.15, 0.2) is 9.84 Å². The number of hydrogen-bond donors (Lipinski definition) is 1. The van der Waals surface area contributed by atoms with Gasteiger partial charge in [0.1, 0.15) is 0 Å². The molecule has 1 aromatic carbocycles. The SMILES string of the molecule is CC(NCCS(=O)(=O)c1ccc(C(C)(C)C)cc1)c1cnn(C)c1. The first kappa shape index (κ1) is 18.7. The average Bonchev–Trinajstić information content (AvgIpc) is 2.93. The Kier molecular flexibility index (Phi) is 5.50. The van der Waals surface area contributed by atoms with Crippen molar-refractivity contribution in [3.63, 3.8) is 0 Å². The Labute approximate surface area is 145 Å². The van der Waals surface area contributed by atoms with Crippen LogP contribution in [0.5, 0.6) is 0 Å². The minimum atomic E-state index is -3.28. The molecule has 0 spiro atoms. The van der Waals surface area contributed by atoms with E-state index in [9.17, 15) is 8.42 Å². The van der Waals surface area contributed by atoms with Gasteiger partial charge in [0.05, 0.1) is 16.8 Å². The van der Waals surface area contributed by atoms with E-state index in [-0.39, 0.29) is 17.2 Å². The molecule has 0 bridgehead atoms. The van der Waals surface area contributed by atoms with Crippen molar-refractivity contribution in [2.24, 2.45) is 7.05 Å². The fourth-order valence-electron chi connectivity index (χ4n) is 2.47. The smallest absolute Gasteiger partial charge is 0.179 e. The van der Waals surface area contributed by atoms with E-state index < -0.39 is 9.84 Å². The first-order valence-corrected chi connectivity index (χ1v) is 9.80. The van der Waals surface area contributed by atoms with Gasteiger partial charge in [0, 0.05) is 31.4 Å². The molecule has 0 radical (unpaired) electrons. The predicted octanol–water partition coefficient (Wildman–Crippen LogP) is 2.84. The van der Waals surface area contributed by atoms with Crippen LogP contribution >= 0.6 is 0 Å². The summed E-state index contributed by atoms with van der Waals surface area (Å²) in [5.41, 5.74) is 2.19. The highest BCUT2D eigenvalue weighted by Gasteiger charge is 2.18. The third kappa shape index (κ3) is 4.68. The van der Waals surface area contributed by atoms with E-state index >= 15 is 0 Å². The molecule has 0 amide bonds. The maximum Gasteiger partial charge on any atom is 0.179 e. The largest absolute Gasteiger partial charge is 0.309 e. The molecular formula is C18H27N3O2S. The normalized spacial score (nSPS) is 13.9. The van der Waals surface area contributed by atoms with Crippen molar-refractivity contribution in [2.45, 2.75) is 44.0 Å². The maximum atomic E-state index is 12.5. The summed E-state index contributed by atoms with van der Waals surface area (Å²) in [6.07, 6.45) is 3.72. The van der Waals surface area contributed by atoms with E-state index in [1.165, 1.54) is 0 Å². The predicted molar refractivity (Wildman–Crippen MR) is 96.8 cm³/mol. The van der Waals surface area contributed by atoms with Gasteiger partial charge in [-0.3, -0.25) is 4.68 Å². The van der Waals surface area contributed by atoms with Gasteiger partial charge in [-0.2, -0.15) is 5.10 Å². The molecule has 24 heavy (non-hydrogen) atoms. The third-order valence-corrected chi connectivity index (χ3v) is 5.86. The first-order chi connectivity index (χ1) is 11.1. The molecule has 0 aliphatic rings. The fourth-order valence-corrected chi connectivity index (χ4v) is 3.64. The second kappa shape index (κ2) is 7.07. The molecule has 1 aromatic heterocycles. The molecule has 1 N–H and O–H groups in total. The van der Waals surface area contributed by atoms with Crippen molar-refractivity contribution in [1.29, 1.82) is 0 Å². The van der Waals surface area contributed by atoms with Crippen LogP contribution in [-0.2, 0) is 22.3 Å². The quantitative estimate of drug-likeness (QED) is 0.871. The standard InChI is InChI=1S/C18H27N3O2S/c1-14(15-12-20-21(5)13-15)19-10-11-24(22,23)17-8-6-16(7-9-17)18(2,3)4/h6-9,12-14,19H,10-11H2,1-5H3. The summed E-state index contributed by atoms with van der Waals surface area (Å²) in [5.74, 6) is 0.0759. The number of sulfone groups is 1. The second-order valence-corrected chi connectivity index (χ2v) is 9.33. The Bertz CT molecular complexity index is 771. The Morgan fingerprint density at radius 2 is 1.83 bits per heavy atom. The monoisotopic (exact) mass is 349 g/mol. The lowest BCUT2D eigenvalue weighted by Crippen LogP contribution is -2.25. The van der Waals surface area contributed by atoms with Crippen molar-refractivity contribution in [3.05, 3.63) is 47.8 Å². The number of aryl methyl sites for hydroxylation is 1. The van der Waals surface area contributed by atoms with Gasteiger partial charge in [-0.15, -0.1) is 0 Å². The van der Waals surface area contributed by atoms with E-state index in [1.807, 2.05) is 32.3 Å². The number of nitrogens with zero attached hydrogens (tertiary/aromatic N) is 2. The van der Waals surface area contributed by atoms with E-state index in [0.29, 0.717) is 11.4 Å². The minimum Gasteiger partial charge on any atom is -0.309 e. The van der Waals surface area contributed by atoms with E-state index in [0.717, 1.165) is 11.1 Å². The van der Waals surface area contributed by atoms with Crippen LogP contribution in [-0.4, -0.2) is 30.5 Å². The molecule has 6 heteroatoms. The summed E-state index contributed by atoms with van der Waals surface area (Å²) in [4.78, 5) is 0.381. The summed E-state index contributed by atoms with van der Waals surface area (Å²) in [5, 5.41) is 7.37. The molecule has 2 rings (SSSR count). The maximum absolute atomic E-state index is 12.5. The van der Waals surface area contributed by atoms with Gasteiger partial charge in [0.25, 0.3) is 0 Å². The molecule has 1 atom stereocenters. The van der Waals surface area contributed by atoms with Crippen LogP contribution in [0.1, 0.15) is 44.9 Å². The minimum absolute atomic E-state index is 0.0169. The topological polar surface area (TPSA) is 64.0 Å². The van der Waals surface area contributed by atoms with Crippen molar-refractivity contribution in [2.75, 3.05) is 12.3 Å². The zero-order chi connectivity index (χ0) is 18.0. The van der Waals surface area contributed by atoms with Gasteiger partial charge in [0.2, 0.25) is 0 Å². The van der Waals surface area contributed by atoms with Crippen LogP contribution < -0.4 is 5.32 Å². The molecule has 0 saturated heterocycles. The molecule has 132 valence electrons. The molecular weight excluding hydrogens is 322 g/mol. The van der Waals surface area contributed by atoms with Gasteiger partial charge in [-0.05, 0) is 30.0 Å². The van der Waals surface area contributed by atoms with Crippen LogP contribution in [0.25, 0.3) is 0 Å². The van der Waals surface area contributed by atoms with Crippen molar-refractivity contribution in [1.82, 2.24) is 15.1 Å². The summed E-state index contributed by atoms with van der Waals surface area (Å²) in [6.45, 7) is 8.74. The van der Waals surface area contributed by atoms with Crippen molar-refractivity contribution in [3.8, 4) is 0 Å². The molecule has 1 heterocycles.